The Kier molecular flexibility index (Phi) is 4.47. The van der Waals surface area contributed by atoms with Crippen LogP contribution in [0, 0.1) is 0 Å². The van der Waals surface area contributed by atoms with Crippen LogP contribution in [0.4, 0.5) is 0 Å². The molecule has 0 aliphatic carbocycles. The van der Waals surface area contributed by atoms with E-state index in [0.29, 0.717) is 0 Å². The van der Waals surface area contributed by atoms with Crippen molar-refractivity contribution in [3.8, 4) is 0 Å². The molecule has 0 aromatic heterocycles. The van der Waals surface area contributed by atoms with Gasteiger partial charge in [0.1, 0.15) is 0 Å². The highest BCUT2D eigenvalue weighted by Crippen LogP contribution is 2.02. The quantitative estimate of drug-likeness (QED) is 0.548. The van der Waals surface area contributed by atoms with Crippen molar-refractivity contribution in [2.75, 3.05) is 0 Å². The fourth-order valence-electron chi connectivity index (χ4n) is 1.12. The zero-order valence-electron chi connectivity index (χ0n) is 7.56. The van der Waals surface area contributed by atoms with E-state index < -0.39 is 0 Å². The lowest BCUT2D eigenvalue weighted by atomic mass is 10.1. The molecule has 1 aromatic carbocycles. The molecule has 0 aliphatic heterocycles. The molecule has 1 nitrogen and oxygen atoms in total. The van der Waals surface area contributed by atoms with Gasteiger partial charge in [0.15, 0.2) is 0 Å². The first-order valence-corrected chi connectivity index (χ1v) is 4.43. The Morgan fingerprint density at radius 3 is 2.54 bits per heavy atom. The number of aryl methyl sites for hydroxylation is 1. The van der Waals surface area contributed by atoms with E-state index in [0.717, 1.165) is 19.1 Å². The van der Waals surface area contributed by atoms with Crippen molar-refractivity contribution >= 4 is 0 Å². The Morgan fingerprint density at radius 1 is 1.08 bits per heavy atom. The van der Waals surface area contributed by atoms with Crippen molar-refractivity contribution in [3.63, 3.8) is 0 Å². The molecule has 0 fully saturated rings. The summed E-state index contributed by atoms with van der Waals surface area (Å²) in [6.07, 6.45) is 8.61. The van der Waals surface area contributed by atoms with Gasteiger partial charge in [-0.1, -0.05) is 42.5 Å². The van der Waals surface area contributed by atoms with Gasteiger partial charge in [0, 0.05) is 0 Å². The minimum atomic E-state index is 1.01. The van der Waals surface area contributed by atoms with Crippen molar-refractivity contribution in [3.05, 3.63) is 60.4 Å². The monoisotopic (exact) mass is 174 g/mol. The first-order chi connectivity index (χ1) is 6.43. The molecular weight excluding hydrogens is 160 g/mol. The molecule has 0 bridgehead atoms. The van der Waals surface area contributed by atoms with Crippen molar-refractivity contribution < 1.29 is 5.11 Å². The average Bonchev–Trinajstić information content (AvgIpc) is 2.19. The predicted octanol–water partition coefficient (Wildman–Crippen LogP) is 3.25. The summed E-state index contributed by atoms with van der Waals surface area (Å²) in [5, 5.41) is 8.35. The Labute approximate surface area is 79.0 Å². The third kappa shape index (κ3) is 4.16. The standard InChI is InChI=1S/C12H14O/c13-11-7-2-1-4-8-12-9-5-3-6-10-12/h1-3,5-7,9-11,13H,4,8H2. The van der Waals surface area contributed by atoms with E-state index in [1.807, 2.05) is 30.4 Å². The molecular formula is C12H14O. The highest BCUT2D eigenvalue weighted by atomic mass is 16.2. The second-order valence-electron chi connectivity index (χ2n) is 2.79. The molecule has 0 amide bonds. The van der Waals surface area contributed by atoms with Gasteiger partial charge < -0.3 is 5.11 Å². The van der Waals surface area contributed by atoms with E-state index in [-0.39, 0.29) is 0 Å². The number of hydrogen-bond acceptors (Lipinski definition) is 1. The molecule has 0 spiro atoms. The van der Waals surface area contributed by atoms with Crippen LogP contribution in [0.2, 0.25) is 0 Å². The van der Waals surface area contributed by atoms with Crippen molar-refractivity contribution in [2.24, 2.45) is 0 Å². The van der Waals surface area contributed by atoms with Gasteiger partial charge >= 0.3 is 0 Å². The molecule has 0 aliphatic rings. The highest BCUT2D eigenvalue weighted by Gasteiger charge is 1.86. The number of aliphatic hydroxyl groups is 1. The predicted molar refractivity (Wildman–Crippen MR) is 55.7 cm³/mol. The van der Waals surface area contributed by atoms with Gasteiger partial charge in [0.05, 0.1) is 6.26 Å². The zero-order chi connectivity index (χ0) is 9.36. The third-order valence-corrected chi connectivity index (χ3v) is 1.78. The lowest BCUT2D eigenvalue weighted by molar-refractivity contribution is 0.473. The van der Waals surface area contributed by atoms with E-state index in [1.165, 1.54) is 5.56 Å². The minimum absolute atomic E-state index is 1.01. The topological polar surface area (TPSA) is 20.2 Å². The fraction of sp³-hybridized carbons (Fsp3) is 0.167. The molecule has 68 valence electrons. The summed E-state index contributed by atoms with van der Waals surface area (Å²) in [5.74, 6) is 0. The van der Waals surface area contributed by atoms with Gasteiger partial charge in [-0.15, -0.1) is 0 Å². The average molecular weight is 174 g/mol. The smallest absolute Gasteiger partial charge is 0.0791 e. The maximum atomic E-state index is 8.35. The fourth-order valence-corrected chi connectivity index (χ4v) is 1.12. The summed E-state index contributed by atoms with van der Waals surface area (Å²) >= 11 is 0. The Balaban J connectivity index is 2.28. The van der Waals surface area contributed by atoms with Gasteiger partial charge in [-0.25, -0.2) is 0 Å². The second kappa shape index (κ2) is 6.06. The normalized spacial score (nSPS) is 11.4. The highest BCUT2D eigenvalue weighted by molar-refractivity contribution is 5.15. The lowest BCUT2D eigenvalue weighted by Crippen LogP contribution is -1.80. The Hall–Kier alpha value is -1.50. The molecule has 0 atom stereocenters. The number of benzene rings is 1. The summed E-state index contributed by atoms with van der Waals surface area (Å²) in [7, 11) is 0. The first kappa shape index (κ1) is 9.59. The van der Waals surface area contributed by atoms with Crippen LogP contribution in [0.1, 0.15) is 12.0 Å². The molecule has 1 heteroatoms. The van der Waals surface area contributed by atoms with E-state index in [4.69, 9.17) is 5.11 Å². The van der Waals surface area contributed by atoms with Crippen LogP contribution in [-0.2, 0) is 6.42 Å². The van der Waals surface area contributed by atoms with E-state index in [1.54, 1.807) is 6.08 Å². The maximum Gasteiger partial charge on any atom is 0.0791 e. The van der Waals surface area contributed by atoms with Crippen LogP contribution >= 0.6 is 0 Å². The van der Waals surface area contributed by atoms with Crippen molar-refractivity contribution in [1.82, 2.24) is 0 Å². The van der Waals surface area contributed by atoms with Crippen molar-refractivity contribution in [2.45, 2.75) is 12.8 Å². The van der Waals surface area contributed by atoms with Gasteiger partial charge in [-0.2, -0.15) is 0 Å². The number of aliphatic hydroxyl groups excluding tert-OH is 1. The van der Waals surface area contributed by atoms with Gasteiger partial charge in [0.2, 0.25) is 0 Å². The van der Waals surface area contributed by atoms with E-state index >= 15 is 0 Å². The summed E-state index contributed by atoms with van der Waals surface area (Å²) in [6.45, 7) is 0. The van der Waals surface area contributed by atoms with Crippen LogP contribution in [0.15, 0.2) is 54.8 Å². The van der Waals surface area contributed by atoms with Crippen LogP contribution in [0.3, 0.4) is 0 Å². The number of rotatable bonds is 4. The van der Waals surface area contributed by atoms with Crippen molar-refractivity contribution in [1.29, 1.82) is 0 Å². The zero-order valence-corrected chi connectivity index (χ0v) is 7.56. The van der Waals surface area contributed by atoms with Crippen LogP contribution in [-0.4, -0.2) is 5.11 Å². The molecule has 0 heterocycles. The number of allylic oxidation sites excluding steroid dienone is 3. The molecule has 1 N–H and O–H groups in total. The molecule has 0 radical (unpaired) electrons. The Bertz CT molecular complexity index is 272. The van der Waals surface area contributed by atoms with Crippen LogP contribution < -0.4 is 0 Å². The molecule has 13 heavy (non-hydrogen) atoms. The second-order valence-corrected chi connectivity index (χ2v) is 2.79. The molecule has 0 unspecified atom stereocenters. The van der Waals surface area contributed by atoms with Gasteiger partial charge in [-0.05, 0) is 24.5 Å². The minimum Gasteiger partial charge on any atom is -0.516 e. The summed E-state index contributed by atoms with van der Waals surface area (Å²) in [4.78, 5) is 0. The maximum absolute atomic E-state index is 8.35. The SMILES string of the molecule is OC=CC=CCCc1ccccc1. The summed E-state index contributed by atoms with van der Waals surface area (Å²) < 4.78 is 0. The Morgan fingerprint density at radius 2 is 1.85 bits per heavy atom. The lowest BCUT2D eigenvalue weighted by Gasteiger charge is -1.95. The summed E-state index contributed by atoms with van der Waals surface area (Å²) in [5.41, 5.74) is 1.35. The molecule has 1 rings (SSSR count). The van der Waals surface area contributed by atoms with Gasteiger partial charge in [-0.3, -0.25) is 0 Å². The largest absolute Gasteiger partial charge is 0.516 e. The molecule has 0 saturated heterocycles. The summed E-state index contributed by atoms with van der Waals surface area (Å²) in [6, 6.07) is 10.4. The van der Waals surface area contributed by atoms with Crippen LogP contribution in [0.25, 0.3) is 0 Å². The van der Waals surface area contributed by atoms with E-state index in [9.17, 15) is 0 Å². The van der Waals surface area contributed by atoms with Crippen LogP contribution in [0.5, 0.6) is 0 Å². The number of hydrogen-bond donors (Lipinski definition) is 1. The first-order valence-electron chi connectivity index (χ1n) is 4.43. The third-order valence-electron chi connectivity index (χ3n) is 1.78. The molecule has 1 aromatic rings. The van der Waals surface area contributed by atoms with Gasteiger partial charge in [0.25, 0.3) is 0 Å². The molecule has 0 saturated carbocycles. The van der Waals surface area contributed by atoms with E-state index in [2.05, 4.69) is 12.1 Å².